The molecule has 2 aliphatic rings. The summed E-state index contributed by atoms with van der Waals surface area (Å²) in [6.45, 7) is 18.3. The molecule has 0 saturated heterocycles. The molecule has 1 aliphatic carbocycles. The second-order valence-corrected chi connectivity index (χ2v) is 21.5. The molecule has 3 aromatic carbocycles. The third-order valence-electron chi connectivity index (χ3n) is 9.42. The summed E-state index contributed by atoms with van der Waals surface area (Å²) in [6.07, 6.45) is 8.20. The molecular formula is C37H50O3Si2. The molecule has 0 fully saturated rings. The van der Waals surface area contributed by atoms with Gasteiger partial charge in [-0.25, -0.2) is 0 Å². The Morgan fingerprint density at radius 2 is 1.48 bits per heavy atom. The Bertz CT molecular complexity index is 1400. The SMILES string of the molecule is CCCCCc1cc2c(c(O[Si](C)(C)c3ccccc3)c1)[C@@H]1C=C(C)[C@@H](O[Si](C)(C)c3ccccc3)C[C@H]1C(C)(C)O2. The molecule has 42 heavy (non-hydrogen) atoms. The van der Waals surface area contributed by atoms with E-state index in [1.807, 2.05) is 0 Å². The predicted molar refractivity (Wildman–Crippen MR) is 182 cm³/mol. The van der Waals surface area contributed by atoms with Crippen LogP contribution in [0.15, 0.2) is 84.4 Å². The van der Waals surface area contributed by atoms with Gasteiger partial charge in [-0.3, -0.25) is 0 Å². The van der Waals surface area contributed by atoms with Crippen molar-refractivity contribution >= 4 is 27.0 Å². The minimum absolute atomic E-state index is 0.0883. The van der Waals surface area contributed by atoms with E-state index in [2.05, 4.69) is 133 Å². The first kappa shape index (κ1) is 30.8. The fourth-order valence-electron chi connectivity index (χ4n) is 6.88. The van der Waals surface area contributed by atoms with Gasteiger partial charge in [0.05, 0.1) is 6.10 Å². The van der Waals surface area contributed by atoms with Gasteiger partial charge in [0, 0.05) is 17.4 Å². The number of benzene rings is 3. The van der Waals surface area contributed by atoms with E-state index >= 15 is 0 Å². The molecule has 3 aromatic rings. The first-order valence-corrected chi connectivity index (χ1v) is 21.7. The molecule has 0 bridgehead atoms. The number of unbranched alkanes of at least 4 members (excludes halogenated alkanes) is 2. The van der Waals surface area contributed by atoms with Crippen LogP contribution in [-0.4, -0.2) is 28.3 Å². The summed E-state index contributed by atoms with van der Waals surface area (Å²) in [5, 5.41) is 2.64. The topological polar surface area (TPSA) is 27.7 Å². The summed E-state index contributed by atoms with van der Waals surface area (Å²) < 4.78 is 21.2. The molecule has 1 aliphatic heterocycles. The maximum absolute atomic E-state index is 7.16. The lowest BCUT2D eigenvalue weighted by molar-refractivity contribution is -0.00622. The van der Waals surface area contributed by atoms with Crippen molar-refractivity contribution in [1.29, 1.82) is 0 Å². The van der Waals surface area contributed by atoms with Gasteiger partial charge in [0.15, 0.2) is 0 Å². The first-order chi connectivity index (χ1) is 19.9. The summed E-state index contributed by atoms with van der Waals surface area (Å²) in [6, 6.07) is 26.2. The van der Waals surface area contributed by atoms with Crippen molar-refractivity contribution in [2.45, 2.75) is 104 Å². The van der Waals surface area contributed by atoms with Crippen LogP contribution in [0.4, 0.5) is 0 Å². The number of fused-ring (bicyclic) bond motifs is 3. The highest BCUT2D eigenvalue weighted by molar-refractivity contribution is 6.85. The van der Waals surface area contributed by atoms with Crippen molar-refractivity contribution in [2.24, 2.45) is 5.92 Å². The van der Waals surface area contributed by atoms with Crippen molar-refractivity contribution in [3.63, 3.8) is 0 Å². The number of hydrogen-bond donors (Lipinski definition) is 0. The number of hydrogen-bond acceptors (Lipinski definition) is 3. The Morgan fingerprint density at radius 3 is 2.10 bits per heavy atom. The monoisotopic (exact) mass is 598 g/mol. The smallest absolute Gasteiger partial charge is 0.276 e. The molecule has 0 spiro atoms. The van der Waals surface area contributed by atoms with Crippen LogP contribution in [0.25, 0.3) is 0 Å². The average molecular weight is 599 g/mol. The van der Waals surface area contributed by atoms with E-state index in [0.717, 1.165) is 24.3 Å². The Kier molecular flexibility index (Phi) is 8.94. The number of ether oxygens (including phenoxy) is 1. The third-order valence-corrected chi connectivity index (χ3v) is 14.5. The third kappa shape index (κ3) is 6.48. The van der Waals surface area contributed by atoms with E-state index in [9.17, 15) is 0 Å². The largest absolute Gasteiger partial charge is 0.539 e. The van der Waals surface area contributed by atoms with Gasteiger partial charge in [-0.2, -0.15) is 0 Å². The van der Waals surface area contributed by atoms with Gasteiger partial charge < -0.3 is 13.6 Å². The molecule has 1 heterocycles. The summed E-state index contributed by atoms with van der Waals surface area (Å²) in [7, 11) is -4.32. The zero-order valence-electron chi connectivity index (χ0n) is 27.0. The van der Waals surface area contributed by atoms with E-state index in [0.29, 0.717) is 0 Å². The van der Waals surface area contributed by atoms with E-state index in [1.54, 1.807) is 0 Å². The maximum Gasteiger partial charge on any atom is 0.276 e. The average Bonchev–Trinajstić information content (AvgIpc) is 2.94. The maximum atomic E-state index is 7.16. The number of rotatable bonds is 10. The molecule has 0 unspecified atom stereocenters. The highest BCUT2D eigenvalue weighted by atomic mass is 28.4. The molecule has 0 aromatic heterocycles. The van der Waals surface area contributed by atoms with Crippen LogP contribution in [-0.2, 0) is 10.8 Å². The van der Waals surface area contributed by atoms with E-state index in [4.69, 9.17) is 13.6 Å². The van der Waals surface area contributed by atoms with Gasteiger partial charge in [-0.05, 0) is 99.9 Å². The molecule has 5 heteroatoms. The zero-order valence-corrected chi connectivity index (χ0v) is 29.0. The molecule has 3 nitrogen and oxygen atoms in total. The predicted octanol–water partition coefficient (Wildman–Crippen LogP) is 8.63. The summed E-state index contributed by atoms with van der Waals surface area (Å²) in [5.74, 6) is 2.54. The Balaban J connectivity index is 1.55. The molecule has 0 radical (unpaired) electrons. The second kappa shape index (κ2) is 12.2. The molecule has 224 valence electrons. The minimum atomic E-state index is -2.23. The fourth-order valence-corrected chi connectivity index (χ4v) is 10.8. The summed E-state index contributed by atoms with van der Waals surface area (Å²) in [5.41, 5.74) is 3.56. The molecule has 0 saturated carbocycles. The van der Waals surface area contributed by atoms with Crippen molar-refractivity contribution < 1.29 is 13.6 Å². The Labute approximate surface area is 256 Å². The second-order valence-electron chi connectivity index (χ2n) is 13.9. The van der Waals surface area contributed by atoms with Crippen molar-refractivity contribution in [3.05, 3.63) is 95.6 Å². The lowest BCUT2D eigenvalue weighted by Gasteiger charge is -2.49. The fraction of sp³-hybridized carbons (Fsp3) is 0.459. The number of aryl methyl sites for hydroxylation is 1. The van der Waals surface area contributed by atoms with E-state index in [-0.39, 0.29) is 23.5 Å². The van der Waals surface area contributed by atoms with Gasteiger partial charge >= 0.3 is 0 Å². The van der Waals surface area contributed by atoms with E-state index in [1.165, 1.54) is 46.3 Å². The Hall–Kier alpha value is -2.61. The lowest BCUT2D eigenvalue weighted by atomic mass is 9.67. The molecular weight excluding hydrogens is 549 g/mol. The summed E-state index contributed by atoms with van der Waals surface area (Å²) >= 11 is 0. The van der Waals surface area contributed by atoms with E-state index < -0.39 is 16.6 Å². The number of allylic oxidation sites excluding steroid dienone is 1. The normalized spacial score (nSPS) is 21.5. The van der Waals surface area contributed by atoms with Crippen LogP contribution in [0.1, 0.15) is 70.4 Å². The van der Waals surface area contributed by atoms with Gasteiger partial charge in [0.1, 0.15) is 17.1 Å². The van der Waals surface area contributed by atoms with Crippen molar-refractivity contribution in [1.82, 2.24) is 0 Å². The molecule has 5 rings (SSSR count). The summed E-state index contributed by atoms with van der Waals surface area (Å²) in [4.78, 5) is 0. The van der Waals surface area contributed by atoms with Crippen LogP contribution in [0, 0.1) is 5.92 Å². The van der Waals surface area contributed by atoms with Gasteiger partial charge in [0.2, 0.25) is 8.32 Å². The van der Waals surface area contributed by atoms with Crippen LogP contribution >= 0.6 is 0 Å². The minimum Gasteiger partial charge on any atom is -0.539 e. The standard InChI is InChI=1S/C37H50O3Si2/c1-9-10-13-18-28-24-34-36(35(25-28)40-42(7,8)30-21-16-12-17-22-30)31-23-27(2)33(26-32(31)37(3,4)38-34)39-41(5,6)29-19-14-11-15-20-29/h11-12,14-17,19-25,31-33H,9-10,13,18,26H2,1-8H3/t31-,32-,33+/m1/s1. The van der Waals surface area contributed by atoms with Gasteiger partial charge in [-0.1, -0.05) is 86.5 Å². The zero-order chi connectivity index (χ0) is 30.1. The first-order valence-electron chi connectivity index (χ1n) is 15.9. The van der Waals surface area contributed by atoms with Crippen molar-refractivity contribution in [2.75, 3.05) is 0 Å². The van der Waals surface area contributed by atoms with Crippen molar-refractivity contribution in [3.8, 4) is 11.5 Å². The molecule has 0 N–H and O–H groups in total. The van der Waals surface area contributed by atoms with Gasteiger partial charge in [-0.15, -0.1) is 0 Å². The lowest BCUT2D eigenvalue weighted by Crippen LogP contribution is -2.52. The highest BCUT2D eigenvalue weighted by Gasteiger charge is 2.49. The van der Waals surface area contributed by atoms with Crippen LogP contribution in [0.3, 0.4) is 0 Å². The van der Waals surface area contributed by atoms with Crippen LogP contribution in [0.5, 0.6) is 11.5 Å². The molecule has 3 atom stereocenters. The Morgan fingerprint density at radius 1 is 0.857 bits per heavy atom. The van der Waals surface area contributed by atoms with Gasteiger partial charge in [0.25, 0.3) is 8.32 Å². The highest BCUT2D eigenvalue weighted by Crippen LogP contribution is 2.54. The quantitative estimate of drug-likeness (QED) is 0.133. The van der Waals surface area contributed by atoms with Crippen LogP contribution in [0.2, 0.25) is 26.2 Å². The van der Waals surface area contributed by atoms with Crippen LogP contribution < -0.4 is 19.5 Å². The molecule has 0 amide bonds.